The highest BCUT2D eigenvalue weighted by Crippen LogP contribution is 2.32. The van der Waals surface area contributed by atoms with E-state index in [1.807, 2.05) is 0 Å². The summed E-state index contributed by atoms with van der Waals surface area (Å²) >= 11 is 7.04. The van der Waals surface area contributed by atoms with Crippen molar-refractivity contribution in [2.45, 2.75) is 18.6 Å². The smallest absolute Gasteiger partial charge is 0.340 e. The zero-order valence-corrected chi connectivity index (χ0v) is 13.2. The number of amides is 1. The van der Waals surface area contributed by atoms with Crippen molar-refractivity contribution in [3.63, 3.8) is 0 Å². The third kappa shape index (κ3) is 3.57. The van der Waals surface area contributed by atoms with Gasteiger partial charge in [-0.1, -0.05) is 23.4 Å². The van der Waals surface area contributed by atoms with Gasteiger partial charge in [-0.15, -0.1) is 0 Å². The lowest BCUT2D eigenvalue weighted by Gasteiger charge is -2.19. The number of ether oxygens (including phenoxy) is 1. The maximum atomic E-state index is 12.1. The number of carbonyl (C=O) groups is 3. The highest BCUT2D eigenvalue weighted by molar-refractivity contribution is 8.14. The summed E-state index contributed by atoms with van der Waals surface area (Å²) in [6, 6.07) is 4.71. The molecule has 1 aromatic carbocycles. The normalized spacial score (nSPS) is 18.0. The van der Waals surface area contributed by atoms with E-state index in [1.165, 1.54) is 25.0 Å². The highest BCUT2D eigenvalue weighted by atomic mass is 35.5. The molecule has 112 valence electrons. The Balaban J connectivity index is 2.31. The van der Waals surface area contributed by atoms with E-state index in [1.54, 1.807) is 12.1 Å². The number of esters is 1. The first-order valence-electron chi connectivity index (χ1n) is 6.28. The summed E-state index contributed by atoms with van der Waals surface area (Å²) in [4.78, 5) is 36.6. The first-order chi connectivity index (χ1) is 9.92. The Morgan fingerprint density at radius 3 is 2.76 bits per heavy atom. The van der Waals surface area contributed by atoms with Crippen molar-refractivity contribution in [1.29, 1.82) is 0 Å². The number of carbonyl (C=O) groups excluding carboxylic acids is 3. The number of thioether (sulfide) groups is 1. The standard InChI is InChI=1S/C14H14ClNO4S/c1-8(17)21-10-6-13(18)16(7-10)12-4-3-9(15)5-11(12)14(19)20-2/h3-5,10H,6-7H2,1-2H3. The van der Waals surface area contributed by atoms with Crippen LogP contribution in [0.1, 0.15) is 23.7 Å². The van der Waals surface area contributed by atoms with Crippen molar-refractivity contribution in [3.8, 4) is 0 Å². The first-order valence-corrected chi connectivity index (χ1v) is 7.53. The molecular weight excluding hydrogens is 314 g/mol. The van der Waals surface area contributed by atoms with Gasteiger partial charge in [0.05, 0.1) is 18.4 Å². The molecule has 1 atom stereocenters. The van der Waals surface area contributed by atoms with Crippen LogP contribution in [0.5, 0.6) is 0 Å². The molecule has 1 aliphatic rings. The lowest BCUT2D eigenvalue weighted by atomic mass is 10.1. The number of nitrogens with zero attached hydrogens (tertiary/aromatic N) is 1. The summed E-state index contributed by atoms with van der Waals surface area (Å²) in [6.07, 6.45) is 0.271. The molecular formula is C14H14ClNO4S. The van der Waals surface area contributed by atoms with Crippen LogP contribution in [0.15, 0.2) is 18.2 Å². The van der Waals surface area contributed by atoms with Gasteiger partial charge in [0.25, 0.3) is 0 Å². The summed E-state index contributed by atoms with van der Waals surface area (Å²) < 4.78 is 4.72. The molecule has 1 fully saturated rings. The monoisotopic (exact) mass is 327 g/mol. The van der Waals surface area contributed by atoms with Crippen LogP contribution in [0.25, 0.3) is 0 Å². The average Bonchev–Trinajstić information content (AvgIpc) is 2.77. The van der Waals surface area contributed by atoms with Crippen LogP contribution in [0.3, 0.4) is 0 Å². The van der Waals surface area contributed by atoms with Gasteiger partial charge in [-0.25, -0.2) is 4.79 Å². The van der Waals surface area contributed by atoms with E-state index in [0.717, 1.165) is 11.8 Å². The van der Waals surface area contributed by atoms with Gasteiger partial charge in [0.2, 0.25) is 5.91 Å². The van der Waals surface area contributed by atoms with Gasteiger partial charge in [-0.2, -0.15) is 0 Å². The van der Waals surface area contributed by atoms with Crippen molar-refractivity contribution in [3.05, 3.63) is 28.8 Å². The molecule has 2 rings (SSSR count). The van der Waals surface area contributed by atoms with Crippen LogP contribution in [-0.4, -0.2) is 35.9 Å². The maximum Gasteiger partial charge on any atom is 0.340 e. The minimum absolute atomic E-state index is 0.0288. The van der Waals surface area contributed by atoms with Gasteiger partial charge in [0, 0.05) is 30.2 Å². The molecule has 5 nitrogen and oxygen atoms in total. The second-order valence-electron chi connectivity index (χ2n) is 4.59. The van der Waals surface area contributed by atoms with Gasteiger partial charge in [0.1, 0.15) is 0 Å². The third-order valence-corrected chi connectivity index (χ3v) is 4.29. The number of halogens is 1. The predicted molar refractivity (Wildman–Crippen MR) is 81.8 cm³/mol. The summed E-state index contributed by atoms with van der Waals surface area (Å²) in [7, 11) is 1.27. The van der Waals surface area contributed by atoms with Crippen molar-refractivity contribution in [1.82, 2.24) is 0 Å². The maximum absolute atomic E-state index is 12.1. The molecule has 0 radical (unpaired) electrons. The molecule has 7 heteroatoms. The van der Waals surface area contributed by atoms with Crippen molar-refractivity contribution in [2.75, 3.05) is 18.6 Å². The van der Waals surface area contributed by atoms with Gasteiger partial charge < -0.3 is 9.64 Å². The molecule has 1 aromatic rings. The number of hydrogen-bond donors (Lipinski definition) is 0. The summed E-state index contributed by atoms with van der Waals surface area (Å²) in [5, 5.41) is 0.260. The molecule has 0 saturated carbocycles. The number of anilines is 1. The van der Waals surface area contributed by atoms with E-state index in [4.69, 9.17) is 16.3 Å². The van der Waals surface area contributed by atoms with E-state index in [0.29, 0.717) is 17.3 Å². The fraction of sp³-hybridized carbons (Fsp3) is 0.357. The van der Waals surface area contributed by atoms with Crippen LogP contribution in [0.2, 0.25) is 5.02 Å². The Hall–Kier alpha value is -1.53. The fourth-order valence-electron chi connectivity index (χ4n) is 2.24. The largest absolute Gasteiger partial charge is 0.465 e. The van der Waals surface area contributed by atoms with E-state index >= 15 is 0 Å². The molecule has 1 saturated heterocycles. The summed E-state index contributed by atoms with van der Waals surface area (Å²) in [5.41, 5.74) is 0.703. The van der Waals surface area contributed by atoms with Gasteiger partial charge in [-0.3, -0.25) is 9.59 Å². The predicted octanol–water partition coefficient (Wildman–Crippen LogP) is 2.51. The van der Waals surface area contributed by atoms with Crippen LogP contribution < -0.4 is 4.90 Å². The van der Waals surface area contributed by atoms with Crippen LogP contribution in [0, 0.1) is 0 Å². The molecule has 0 aliphatic carbocycles. The number of rotatable bonds is 3. The van der Waals surface area contributed by atoms with Crippen LogP contribution in [0.4, 0.5) is 5.69 Å². The molecule has 1 amide bonds. The zero-order chi connectivity index (χ0) is 15.6. The Labute approximate surface area is 131 Å². The lowest BCUT2D eigenvalue weighted by Crippen LogP contribution is -2.27. The second-order valence-corrected chi connectivity index (χ2v) is 6.51. The lowest BCUT2D eigenvalue weighted by molar-refractivity contribution is -0.117. The molecule has 1 unspecified atom stereocenters. The Morgan fingerprint density at radius 1 is 1.43 bits per heavy atom. The topological polar surface area (TPSA) is 63.7 Å². The van der Waals surface area contributed by atoms with Crippen molar-refractivity contribution in [2.24, 2.45) is 0 Å². The van der Waals surface area contributed by atoms with Gasteiger partial charge in [0.15, 0.2) is 5.12 Å². The van der Waals surface area contributed by atoms with E-state index in [9.17, 15) is 14.4 Å². The highest BCUT2D eigenvalue weighted by Gasteiger charge is 2.34. The molecule has 1 heterocycles. The van der Waals surface area contributed by atoms with Gasteiger partial charge >= 0.3 is 5.97 Å². The quantitative estimate of drug-likeness (QED) is 0.798. The zero-order valence-electron chi connectivity index (χ0n) is 11.6. The Kier molecular flexibility index (Phi) is 4.90. The Bertz CT molecular complexity index is 605. The molecule has 0 N–H and O–H groups in total. The number of hydrogen-bond acceptors (Lipinski definition) is 5. The average molecular weight is 328 g/mol. The first kappa shape index (κ1) is 15.9. The summed E-state index contributed by atoms with van der Waals surface area (Å²) in [6.45, 7) is 1.86. The minimum atomic E-state index is -0.553. The van der Waals surface area contributed by atoms with E-state index < -0.39 is 5.97 Å². The van der Waals surface area contributed by atoms with Gasteiger partial charge in [-0.05, 0) is 18.2 Å². The number of benzene rings is 1. The van der Waals surface area contributed by atoms with Crippen molar-refractivity contribution < 1.29 is 19.1 Å². The second kappa shape index (κ2) is 6.49. The van der Waals surface area contributed by atoms with E-state index in [2.05, 4.69) is 0 Å². The number of methoxy groups -OCH3 is 1. The SMILES string of the molecule is COC(=O)c1cc(Cl)ccc1N1CC(SC(C)=O)CC1=O. The van der Waals surface area contributed by atoms with Crippen LogP contribution in [-0.2, 0) is 14.3 Å². The molecule has 0 aromatic heterocycles. The minimum Gasteiger partial charge on any atom is -0.465 e. The summed E-state index contributed by atoms with van der Waals surface area (Å²) in [5.74, 6) is -0.677. The third-order valence-electron chi connectivity index (χ3n) is 3.08. The molecule has 0 bridgehead atoms. The molecule has 1 aliphatic heterocycles. The van der Waals surface area contributed by atoms with Crippen molar-refractivity contribution >= 4 is 46.0 Å². The van der Waals surface area contributed by atoms with E-state index in [-0.39, 0.29) is 28.3 Å². The Morgan fingerprint density at radius 2 is 2.14 bits per heavy atom. The van der Waals surface area contributed by atoms with Crippen LogP contribution >= 0.6 is 23.4 Å². The molecule has 0 spiro atoms. The molecule has 21 heavy (non-hydrogen) atoms. The fourth-order valence-corrected chi connectivity index (χ4v) is 3.33.